The summed E-state index contributed by atoms with van der Waals surface area (Å²) in [6.07, 6.45) is 0.375. The van der Waals surface area contributed by atoms with Gasteiger partial charge in [-0.15, -0.1) is 0 Å². The van der Waals surface area contributed by atoms with Crippen molar-refractivity contribution in [3.63, 3.8) is 0 Å². The highest BCUT2D eigenvalue weighted by molar-refractivity contribution is 5.83. The topological polar surface area (TPSA) is 76.1 Å². The van der Waals surface area contributed by atoms with E-state index >= 15 is 0 Å². The Morgan fingerprint density at radius 1 is 1.43 bits per heavy atom. The molecule has 2 fully saturated rings. The van der Waals surface area contributed by atoms with E-state index in [1.54, 1.807) is 12.0 Å². The molecule has 1 N–H and O–H groups in total. The first-order valence-electron chi connectivity index (χ1n) is 7.84. The molecule has 0 spiro atoms. The van der Waals surface area contributed by atoms with Crippen LogP contribution in [0.2, 0.25) is 0 Å². The smallest absolute Gasteiger partial charge is 0.306 e. The third-order valence-electron chi connectivity index (χ3n) is 4.48. The van der Waals surface area contributed by atoms with Crippen molar-refractivity contribution in [1.29, 1.82) is 0 Å². The third kappa shape index (κ3) is 3.64. The molecule has 0 radical (unpaired) electrons. The third-order valence-corrected chi connectivity index (χ3v) is 4.48. The van der Waals surface area contributed by atoms with E-state index in [0.717, 1.165) is 17.7 Å². The Morgan fingerprint density at radius 2 is 2.26 bits per heavy atom. The van der Waals surface area contributed by atoms with Crippen LogP contribution in [0.5, 0.6) is 5.75 Å². The first-order chi connectivity index (χ1) is 11.1. The minimum Gasteiger partial charge on any atom is -0.497 e. The predicted octanol–water partition coefficient (Wildman–Crippen LogP) is 1.50. The number of hydrogen-bond donors (Lipinski definition) is 1. The van der Waals surface area contributed by atoms with E-state index in [9.17, 15) is 9.59 Å². The fourth-order valence-corrected chi connectivity index (χ4v) is 3.18. The molecule has 1 saturated heterocycles. The number of carbonyl (C=O) groups is 2. The molecule has 3 unspecified atom stereocenters. The number of nitrogens with zero attached hydrogens (tertiary/aromatic N) is 1. The second-order valence-corrected chi connectivity index (χ2v) is 6.10. The van der Waals surface area contributed by atoms with Gasteiger partial charge in [0.1, 0.15) is 5.75 Å². The minimum absolute atomic E-state index is 0.00863. The van der Waals surface area contributed by atoms with Crippen molar-refractivity contribution in [3.8, 4) is 5.75 Å². The van der Waals surface area contributed by atoms with Crippen LogP contribution in [0.3, 0.4) is 0 Å². The largest absolute Gasteiger partial charge is 0.497 e. The highest BCUT2D eigenvalue weighted by atomic mass is 16.5. The lowest BCUT2D eigenvalue weighted by Crippen LogP contribution is -2.47. The van der Waals surface area contributed by atoms with Crippen molar-refractivity contribution in [2.75, 3.05) is 26.8 Å². The number of rotatable bonds is 5. The number of hydrogen-bond acceptors (Lipinski definition) is 4. The predicted molar refractivity (Wildman–Crippen MR) is 82.4 cm³/mol. The fourth-order valence-electron chi connectivity index (χ4n) is 3.18. The van der Waals surface area contributed by atoms with E-state index in [-0.39, 0.29) is 24.2 Å². The second kappa shape index (κ2) is 6.58. The van der Waals surface area contributed by atoms with Crippen LogP contribution in [0.15, 0.2) is 24.3 Å². The first kappa shape index (κ1) is 15.8. The summed E-state index contributed by atoms with van der Waals surface area (Å²) in [5.41, 5.74) is 1.12. The summed E-state index contributed by atoms with van der Waals surface area (Å²) in [4.78, 5) is 25.2. The quantitative estimate of drug-likeness (QED) is 0.890. The Labute approximate surface area is 135 Å². The Balaban J connectivity index is 1.60. The Kier molecular flexibility index (Phi) is 4.52. The summed E-state index contributed by atoms with van der Waals surface area (Å²) in [7, 11) is 1.63. The van der Waals surface area contributed by atoms with Crippen LogP contribution in [0.25, 0.3) is 0 Å². The molecule has 1 aromatic rings. The van der Waals surface area contributed by atoms with Crippen LogP contribution >= 0.6 is 0 Å². The van der Waals surface area contributed by atoms with E-state index in [2.05, 4.69) is 0 Å². The SMILES string of the molecule is COc1cccc(C2CC2C(=O)N2CCOC(CC(=O)O)C2)c1. The molecule has 3 atom stereocenters. The number of carbonyl (C=O) groups excluding carboxylic acids is 1. The minimum atomic E-state index is -0.898. The summed E-state index contributed by atoms with van der Waals surface area (Å²) in [6, 6.07) is 7.82. The van der Waals surface area contributed by atoms with Gasteiger partial charge in [0.2, 0.25) is 5.91 Å². The number of carboxylic acids is 1. The summed E-state index contributed by atoms with van der Waals surface area (Å²) in [5.74, 6) is 0.235. The standard InChI is InChI=1S/C17H21NO5/c1-22-12-4-2-3-11(7-12)14-9-15(14)17(21)18-5-6-23-13(10-18)8-16(19)20/h2-4,7,13-15H,5-6,8-10H2,1H3,(H,19,20). The van der Waals surface area contributed by atoms with Gasteiger partial charge in [0.25, 0.3) is 0 Å². The van der Waals surface area contributed by atoms with Crippen LogP contribution in [0, 0.1) is 5.92 Å². The molecule has 2 aliphatic rings. The van der Waals surface area contributed by atoms with Gasteiger partial charge in [-0.2, -0.15) is 0 Å². The normalized spacial score (nSPS) is 26.7. The van der Waals surface area contributed by atoms with Crippen molar-refractivity contribution >= 4 is 11.9 Å². The number of ether oxygens (including phenoxy) is 2. The van der Waals surface area contributed by atoms with Gasteiger partial charge in [-0.25, -0.2) is 0 Å². The molecule has 1 heterocycles. The van der Waals surface area contributed by atoms with Gasteiger partial charge in [-0.1, -0.05) is 12.1 Å². The van der Waals surface area contributed by atoms with E-state index in [4.69, 9.17) is 14.6 Å². The van der Waals surface area contributed by atoms with Crippen molar-refractivity contribution < 1.29 is 24.2 Å². The molecule has 0 bridgehead atoms. The lowest BCUT2D eigenvalue weighted by Gasteiger charge is -2.32. The molecule has 124 valence electrons. The lowest BCUT2D eigenvalue weighted by molar-refractivity contribution is -0.148. The maximum Gasteiger partial charge on any atom is 0.306 e. The molecule has 1 amide bonds. The molecule has 1 saturated carbocycles. The van der Waals surface area contributed by atoms with Gasteiger partial charge in [0, 0.05) is 19.0 Å². The molecule has 6 nitrogen and oxygen atoms in total. The Bertz CT molecular complexity index is 602. The average molecular weight is 319 g/mol. The number of morpholine rings is 1. The van der Waals surface area contributed by atoms with E-state index in [1.165, 1.54) is 0 Å². The zero-order valence-electron chi connectivity index (χ0n) is 13.1. The Morgan fingerprint density at radius 3 is 3.00 bits per heavy atom. The molecule has 1 aliphatic carbocycles. The molecule has 3 rings (SSSR count). The van der Waals surface area contributed by atoms with Crippen LogP contribution in [0.1, 0.15) is 24.3 Å². The number of carboxylic acid groups (broad SMARTS) is 1. The summed E-state index contributed by atoms with van der Waals surface area (Å²) >= 11 is 0. The molecule has 1 aromatic carbocycles. The number of amides is 1. The van der Waals surface area contributed by atoms with E-state index in [1.807, 2.05) is 24.3 Å². The molecule has 0 aromatic heterocycles. The van der Waals surface area contributed by atoms with E-state index in [0.29, 0.717) is 19.7 Å². The highest BCUT2D eigenvalue weighted by Gasteiger charge is 2.46. The van der Waals surface area contributed by atoms with Gasteiger partial charge in [0.15, 0.2) is 0 Å². The number of aliphatic carboxylic acids is 1. The van der Waals surface area contributed by atoms with Crippen molar-refractivity contribution in [3.05, 3.63) is 29.8 Å². The molecular weight excluding hydrogens is 298 g/mol. The number of methoxy groups -OCH3 is 1. The lowest BCUT2D eigenvalue weighted by atomic mass is 10.1. The van der Waals surface area contributed by atoms with Gasteiger partial charge >= 0.3 is 5.97 Å². The fraction of sp³-hybridized carbons (Fsp3) is 0.529. The van der Waals surface area contributed by atoms with Gasteiger partial charge in [-0.05, 0) is 30.0 Å². The monoisotopic (exact) mass is 319 g/mol. The van der Waals surface area contributed by atoms with Gasteiger partial charge in [-0.3, -0.25) is 9.59 Å². The first-order valence-corrected chi connectivity index (χ1v) is 7.84. The summed E-state index contributed by atoms with van der Waals surface area (Å²) in [5, 5.41) is 8.86. The molecule has 23 heavy (non-hydrogen) atoms. The second-order valence-electron chi connectivity index (χ2n) is 6.10. The maximum absolute atomic E-state index is 12.6. The van der Waals surface area contributed by atoms with E-state index < -0.39 is 12.1 Å². The summed E-state index contributed by atoms with van der Waals surface area (Å²) in [6.45, 7) is 1.31. The molecule has 6 heteroatoms. The zero-order chi connectivity index (χ0) is 16.4. The molecule has 1 aliphatic heterocycles. The maximum atomic E-state index is 12.6. The Hall–Kier alpha value is -2.08. The highest BCUT2D eigenvalue weighted by Crippen LogP contribution is 2.49. The summed E-state index contributed by atoms with van der Waals surface area (Å²) < 4.78 is 10.6. The van der Waals surface area contributed by atoms with Crippen LogP contribution < -0.4 is 4.74 Å². The average Bonchev–Trinajstić information content (AvgIpc) is 3.34. The molecular formula is C17H21NO5. The van der Waals surface area contributed by atoms with Crippen LogP contribution in [0.4, 0.5) is 0 Å². The number of benzene rings is 1. The van der Waals surface area contributed by atoms with Gasteiger partial charge in [0.05, 0.1) is 26.2 Å². The van der Waals surface area contributed by atoms with Crippen molar-refractivity contribution in [1.82, 2.24) is 4.90 Å². The zero-order valence-corrected chi connectivity index (χ0v) is 13.1. The van der Waals surface area contributed by atoms with Crippen LogP contribution in [-0.4, -0.2) is 54.8 Å². The van der Waals surface area contributed by atoms with Crippen molar-refractivity contribution in [2.24, 2.45) is 5.92 Å². The van der Waals surface area contributed by atoms with Crippen LogP contribution in [-0.2, 0) is 14.3 Å². The van der Waals surface area contributed by atoms with Gasteiger partial charge < -0.3 is 19.5 Å². The van der Waals surface area contributed by atoms with Crippen molar-refractivity contribution in [2.45, 2.75) is 24.9 Å².